The summed E-state index contributed by atoms with van der Waals surface area (Å²) in [5, 5.41) is 3.81. The number of carbonyl (C=O) groups is 1. The van der Waals surface area contributed by atoms with Gasteiger partial charge in [-0.25, -0.2) is 4.79 Å². The number of rotatable bonds is 6. The van der Waals surface area contributed by atoms with E-state index in [-0.39, 0.29) is 12.1 Å². The highest BCUT2D eigenvalue weighted by molar-refractivity contribution is 5.68. The first-order valence-corrected chi connectivity index (χ1v) is 9.04. The fourth-order valence-electron chi connectivity index (χ4n) is 3.25. The predicted molar refractivity (Wildman–Crippen MR) is 92.2 cm³/mol. The minimum absolute atomic E-state index is 0.172. The molecular weight excluding hydrogens is 276 g/mol. The summed E-state index contributed by atoms with van der Waals surface area (Å²) >= 11 is 0. The minimum Gasteiger partial charge on any atom is -0.444 e. The predicted octanol–water partition coefficient (Wildman–Crippen LogP) is 4.33. The molecule has 1 heterocycles. The molecule has 0 radical (unpaired) electrons. The van der Waals surface area contributed by atoms with Gasteiger partial charge in [-0.1, -0.05) is 26.7 Å². The molecule has 0 saturated carbocycles. The lowest BCUT2D eigenvalue weighted by Crippen LogP contribution is -2.57. The van der Waals surface area contributed by atoms with Crippen molar-refractivity contribution >= 4 is 6.09 Å². The Balaban J connectivity index is 2.64. The van der Waals surface area contributed by atoms with Gasteiger partial charge in [-0.3, -0.25) is 0 Å². The van der Waals surface area contributed by atoms with Crippen LogP contribution in [0.15, 0.2) is 0 Å². The molecule has 1 rings (SSSR count). The van der Waals surface area contributed by atoms with Gasteiger partial charge in [-0.15, -0.1) is 0 Å². The number of piperidine rings is 1. The van der Waals surface area contributed by atoms with Crippen molar-refractivity contribution in [3.8, 4) is 0 Å². The summed E-state index contributed by atoms with van der Waals surface area (Å²) in [5.41, 5.74) is -0.426. The lowest BCUT2D eigenvalue weighted by Gasteiger charge is -2.41. The molecule has 1 aliphatic rings. The number of likely N-dealkylation sites (tertiary alicyclic amines) is 1. The third-order valence-corrected chi connectivity index (χ3v) is 4.34. The smallest absolute Gasteiger partial charge is 0.410 e. The van der Waals surface area contributed by atoms with E-state index < -0.39 is 5.60 Å². The van der Waals surface area contributed by atoms with E-state index in [0.717, 1.165) is 19.4 Å². The summed E-state index contributed by atoms with van der Waals surface area (Å²) in [4.78, 5) is 14.3. The van der Waals surface area contributed by atoms with Gasteiger partial charge in [0.05, 0.1) is 0 Å². The van der Waals surface area contributed by atoms with E-state index in [4.69, 9.17) is 4.74 Å². The zero-order chi connectivity index (χ0) is 16.8. The highest BCUT2D eigenvalue weighted by Crippen LogP contribution is 2.22. The van der Waals surface area contributed by atoms with Gasteiger partial charge in [-0.05, 0) is 53.4 Å². The first-order chi connectivity index (χ1) is 10.3. The van der Waals surface area contributed by atoms with E-state index >= 15 is 0 Å². The normalized spacial score (nSPS) is 23.0. The van der Waals surface area contributed by atoms with Crippen molar-refractivity contribution in [2.75, 3.05) is 6.54 Å². The van der Waals surface area contributed by atoms with Crippen molar-refractivity contribution in [3.63, 3.8) is 0 Å². The topological polar surface area (TPSA) is 41.6 Å². The summed E-state index contributed by atoms with van der Waals surface area (Å²) in [6.45, 7) is 13.2. The van der Waals surface area contributed by atoms with Crippen molar-refractivity contribution in [2.45, 2.75) is 104 Å². The third kappa shape index (κ3) is 6.15. The standard InChI is InChI=1S/C18H36N2O2/c1-7-10-15(11-8-2)19-16-12-9-13-20(14(16)3)17(21)22-18(4,5)6/h14-16,19H,7-13H2,1-6H3. The van der Waals surface area contributed by atoms with Crippen LogP contribution in [0.3, 0.4) is 0 Å². The molecular formula is C18H36N2O2. The van der Waals surface area contributed by atoms with Gasteiger partial charge in [0.15, 0.2) is 0 Å². The van der Waals surface area contributed by atoms with Crippen LogP contribution in [0, 0.1) is 0 Å². The van der Waals surface area contributed by atoms with Crippen molar-refractivity contribution in [3.05, 3.63) is 0 Å². The van der Waals surface area contributed by atoms with E-state index in [2.05, 4.69) is 26.1 Å². The quantitative estimate of drug-likeness (QED) is 0.793. The Labute approximate surface area is 137 Å². The SMILES string of the molecule is CCCC(CCC)NC1CCCN(C(=O)OC(C)(C)C)C1C. The van der Waals surface area contributed by atoms with E-state index in [1.165, 1.54) is 25.7 Å². The zero-order valence-corrected chi connectivity index (χ0v) is 15.4. The van der Waals surface area contributed by atoms with Crippen molar-refractivity contribution < 1.29 is 9.53 Å². The van der Waals surface area contributed by atoms with Crippen LogP contribution in [0.25, 0.3) is 0 Å². The van der Waals surface area contributed by atoms with Crippen LogP contribution >= 0.6 is 0 Å². The number of amides is 1. The van der Waals surface area contributed by atoms with E-state index in [9.17, 15) is 4.79 Å². The van der Waals surface area contributed by atoms with Crippen LogP contribution in [0.2, 0.25) is 0 Å². The molecule has 0 bridgehead atoms. The number of carbonyl (C=O) groups excluding carboxylic acids is 1. The zero-order valence-electron chi connectivity index (χ0n) is 15.4. The van der Waals surface area contributed by atoms with Crippen LogP contribution in [-0.2, 0) is 4.74 Å². The van der Waals surface area contributed by atoms with Gasteiger partial charge in [-0.2, -0.15) is 0 Å². The van der Waals surface area contributed by atoms with Gasteiger partial charge in [0.25, 0.3) is 0 Å². The van der Waals surface area contributed by atoms with E-state index in [0.29, 0.717) is 12.1 Å². The lowest BCUT2D eigenvalue weighted by molar-refractivity contribution is 0.00615. The fraction of sp³-hybridized carbons (Fsp3) is 0.944. The summed E-state index contributed by atoms with van der Waals surface area (Å²) < 4.78 is 5.56. The molecule has 0 aliphatic carbocycles. The maximum Gasteiger partial charge on any atom is 0.410 e. The molecule has 1 saturated heterocycles. The average Bonchev–Trinajstić information content (AvgIpc) is 2.39. The van der Waals surface area contributed by atoms with Gasteiger partial charge in [0.1, 0.15) is 5.60 Å². The second kappa shape index (κ2) is 8.76. The monoisotopic (exact) mass is 312 g/mol. The molecule has 1 aliphatic heterocycles. The highest BCUT2D eigenvalue weighted by atomic mass is 16.6. The summed E-state index contributed by atoms with van der Waals surface area (Å²) in [7, 11) is 0. The molecule has 2 unspecified atom stereocenters. The Kier molecular flexibility index (Phi) is 7.67. The second-order valence-electron chi connectivity index (χ2n) is 7.60. The number of hydrogen-bond acceptors (Lipinski definition) is 3. The average molecular weight is 312 g/mol. The molecule has 130 valence electrons. The molecule has 0 aromatic heterocycles. The lowest BCUT2D eigenvalue weighted by atomic mass is 9.95. The molecule has 1 fully saturated rings. The van der Waals surface area contributed by atoms with Crippen LogP contribution in [0.1, 0.15) is 80.1 Å². The molecule has 0 aromatic carbocycles. The summed E-state index contributed by atoms with van der Waals surface area (Å²) in [6, 6.07) is 1.14. The number of ether oxygens (including phenoxy) is 1. The van der Waals surface area contributed by atoms with E-state index in [1.54, 1.807) is 0 Å². The second-order valence-corrected chi connectivity index (χ2v) is 7.60. The largest absolute Gasteiger partial charge is 0.444 e. The van der Waals surface area contributed by atoms with Crippen LogP contribution in [0.4, 0.5) is 4.79 Å². The fourth-order valence-corrected chi connectivity index (χ4v) is 3.25. The van der Waals surface area contributed by atoms with Gasteiger partial charge in [0.2, 0.25) is 0 Å². The van der Waals surface area contributed by atoms with Crippen molar-refractivity contribution in [2.24, 2.45) is 0 Å². The molecule has 0 aromatic rings. The summed E-state index contributed by atoms with van der Waals surface area (Å²) in [6.07, 6.45) is 6.85. The first-order valence-electron chi connectivity index (χ1n) is 9.04. The Hall–Kier alpha value is -0.770. The third-order valence-electron chi connectivity index (χ3n) is 4.34. The first kappa shape index (κ1) is 19.3. The van der Waals surface area contributed by atoms with E-state index in [1.807, 2.05) is 25.7 Å². The Bertz CT molecular complexity index is 332. The number of hydrogen-bond donors (Lipinski definition) is 1. The van der Waals surface area contributed by atoms with Crippen LogP contribution in [-0.4, -0.2) is 41.3 Å². The molecule has 1 N–H and O–H groups in total. The van der Waals surface area contributed by atoms with Crippen molar-refractivity contribution in [1.29, 1.82) is 0 Å². The molecule has 4 nitrogen and oxygen atoms in total. The molecule has 2 atom stereocenters. The van der Waals surface area contributed by atoms with Gasteiger partial charge in [0, 0.05) is 24.7 Å². The van der Waals surface area contributed by atoms with Crippen LogP contribution < -0.4 is 5.32 Å². The molecule has 1 amide bonds. The molecule has 0 spiro atoms. The van der Waals surface area contributed by atoms with Gasteiger partial charge >= 0.3 is 6.09 Å². The molecule has 4 heteroatoms. The van der Waals surface area contributed by atoms with Crippen LogP contribution in [0.5, 0.6) is 0 Å². The Morgan fingerprint density at radius 2 is 1.86 bits per heavy atom. The molecule has 22 heavy (non-hydrogen) atoms. The number of nitrogens with one attached hydrogen (secondary N) is 1. The maximum absolute atomic E-state index is 12.4. The van der Waals surface area contributed by atoms with Crippen molar-refractivity contribution in [1.82, 2.24) is 10.2 Å². The Morgan fingerprint density at radius 1 is 1.27 bits per heavy atom. The highest BCUT2D eigenvalue weighted by Gasteiger charge is 2.34. The Morgan fingerprint density at radius 3 is 2.36 bits per heavy atom. The summed E-state index contributed by atoms with van der Waals surface area (Å²) in [5.74, 6) is 0. The minimum atomic E-state index is -0.426. The maximum atomic E-state index is 12.4. The van der Waals surface area contributed by atoms with Gasteiger partial charge < -0.3 is 15.0 Å². The number of nitrogens with zero attached hydrogens (tertiary/aromatic N) is 1.